The number of nitrogens with one attached hydrogen (secondary N) is 1. The van der Waals surface area contributed by atoms with Gasteiger partial charge in [-0.1, -0.05) is 13.8 Å². The molecule has 76 valence electrons. The molecule has 0 unspecified atom stereocenters. The normalized spacial score (nSPS) is 9.85. The van der Waals surface area contributed by atoms with Crippen LogP contribution in [0.25, 0.3) is 0 Å². The van der Waals surface area contributed by atoms with E-state index in [9.17, 15) is 9.59 Å². The van der Waals surface area contributed by atoms with Crippen LogP contribution in [0.15, 0.2) is 0 Å². The van der Waals surface area contributed by atoms with Crippen molar-refractivity contribution >= 4 is 11.9 Å². The highest BCUT2D eigenvalue weighted by molar-refractivity contribution is 6.32. The van der Waals surface area contributed by atoms with Gasteiger partial charge in [0.1, 0.15) is 0 Å². The lowest BCUT2D eigenvalue weighted by molar-refractivity contribution is -0.154. The number of rotatable bonds is 4. The van der Waals surface area contributed by atoms with Crippen molar-refractivity contribution in [3.63, 3.8) is 0 Å². The Morgan fingerprint density at radius 1 is 1.38 bits per heavy atom. The molecule has 0 heterocycles. The zero-order valence-electron chi connectivity index (χ0n) is 8.42. The molecule has 0 fully saturated rings. The van der Waals surface area contributed by atoms with Gasteiger partial charge >= 0.3 is 11.9 Å². The highest BCUT2D eigenvalue weighted by Gasteiger charge is 2.13. The summed E-state index contributed by atoms with van der Waals surface area (Å²) in [6.07, 6.45) is 0.866. The van der Waals surface area contributed by atoms with Crippen LogP contribution in [0.5, 0.6) is 0 Å². The summed E-state index contributed by atoms with van der Waals surface area (Å²) in [7, 11) is 0. The maximum Gasteiger partial charge on any atom is 0.396 e. The molecule has 0 saturated carbocycles. The summed E-state index contributed by atoms with van der Waals surface area (Å²) in [6.45, 7) is 6.53. The van der Waals surface area contributed by atoms with Crippen LogP contribution < -0.4 is 5.32 Å². The fourth-order valence-corrected chi connectivity index (χ4v) is 0.743. The number of ether oxygens (including phenoxy) is 1. The summed E-state index contributed by atoms with van der Waals surface area (Å²) in [5, 5.41) is 2.49. The summed E-state index contributed by atoms with van der Waals surface area (Å²) in [6, 6.07) is 0. The van der Waals surface area contributed by atoms with Gasteiger partial charge in [0.05, 0.1) is 6.61 Å². The largest absolute Gasteiger partial charge is 0.459 e. The Kier molecular flexibility index (Phi) is 5.93. The number of esters is 1. The summed E-state index contributed by atoms with van der Waals surface area (Å²) in [4.78, 5) is 21.7. The van der Waals surface area contributed by atoms with Gasteiger partial charge in [-0.3, -0.25) is 4.79 Å². The molecule has 0 aliphatic heterocycles. The van der Waals surface area contributed by atoms with E-state index in [1.54, 1.807) is 6.92 Å². The Balaban J connectivity index is 3.56. The lowest BCUT2D eigenvalue weighted by Crippen LogP contribution is -2.33. The topological polar surface area (TPSA) is 55.4 Å². The van der Waals surface area contributed by atoms with Crippen molar-refractivity contribution < 1.29 is 14.3 Å². The zero-order valence-corrected chi connectivity index (χ0v) is 8.42. The van der Waals surface area contributed by atoms with Crippen molar-refractivity contribution in [3.8, 4) is 0 Å². The van der Waals surface area contributed by atoms with Crippen LogP contribution in [0.3, 0.4) is 0 Å². The Morgan fingerprint density at radius 2 is 2.00 bits per heavy atom. The van der Waals surface area contributed by atoms with E-state index in [-0.39, 0.29) is 6.61 Å². The first kappa shape index (κ1) is 11.9. The minimum Gasteiger partial charge on any atom is -0.459 e. The predicted molar refractivity (Wildman–Crippen MR) is 49.1 cm³/mol. The van der Waals surface area contributed by atoms with Crippen LogP contribution in [-0.2, 0) is 14.3 Å². The number of carbonyl (C=O) groups excluding carboxylic acids is 2. The second kappa shape index (κ2) is 6.46. The van der Waals surface area contributed by atoms with Crippen molar-refractivity contribution in [2.45, 2.75) is 27.2 Å². The smallest absolute Gasteiger partial charge is 0.396 e. The number of carbonyl (C=O) groups is 2. The zero-order chi connectivity index (χ0) is 10.3. The molecule has 0 rings (SSSR count). The van der Waals surface area contributed by atoms with Crippen molar-refractivity contribution in [1.82, 2.24) is 5.32 Å². The molecule has 0 aliphatic rings. The first-order valence-electron chi connectivity index (χ1n) is 4.52. The molecule has 4 nitrogen and oxygen atoms in total. The Hall–Kier alpha value is -1.06. The van der Waals surface area contributed by atoms with Gasteiger partial charge in [-0.25, -0.2) is 4.79 Å². The van der Waals surface area contributed by atoms with Gasteiger partial charge in [0.15, 0.2) is 0 Å². The van der Waals surface area contributed by atoms with E-state index in [1.165, 1.54) is 0 Å². The van der Waals surface area contributed by atoms with Gasteiger partial charge < -0.3 is 10.1 Å². The third-order valence-corrected chi connectivity index (χ3v) is 1.47. The fraction of sp³-hybridized carbons (Fsp3) is 0.778. The van der Waals surface area contributed by atoms with Gasteiger partial charge in [-0.05, 0) is 19.3 Å². The van der Waals surface area contributed by atoms with E-state index in [1.807, 2.05) is 0 Å². The monoisotopic (exact) mass is 187 g/mol. The van der Waals surface area contributed by atoms with E-state index in [2.05, 4.69) is 23.9 Å². The summed E-state index contributed by atoms with van der Waals surface area (Å²) >= 11 is 0. The van der Waals surface area contributed by atoms with Crippen molar-refractivity contribution in [2.75, 3.05) is 13.2 Å². The predicted octanol–water partition coefficient (Wildman–Crippen LogP) is 0.712. The minimum absolute atomic E-state index is 0.233. The lowest BCUT2D eigenvalue weighted by Gasteiger charge is -2.05. The van der Waals surface area contributed by atoms with Gasteiger partial charge in [-0.15, -0.1) is 0 Å². The quantitative estimate of drug-likeness (QED) is 0.521. The molecule has 0 spiro atoms. The molecule has 0 saturated heterocycles. The molecule has 1 N–H and O–H groups in total. The van der Waals surface area contributed by atoms with Crippen molar-refractivity contribution in [2.24, 2.45) is 5.92 Å². The number of amides is 1. The summed E-state index contributed by atoms with van der Waals surface area (Å²) in [5.74, 6) is -0.934. The summed E-state index contributed by atoms with van der Waals surface area (Å²) in [5.41, 5.74) is 0. The Morgan fingerprint density at radius 3 is 2.46 bits per heavy atom. The Bertz CT molecular complexity index is 178. The van der Waals surface area contributed by atoms with Crippen LogP contribution in [0, 0.1) is 5.92 Å². The van der Waals surface area contributed by atoms with Gasteiger partial charge in [0.2, 0.25) is 0 Å². The van der Waals surface area contributed by atoms with Gasteiger partial charge in [0.25, 0.3) is 0 Å². The van der Waals surface area contributed by atoms with Crippen LogP contribution >= 0.6 is 0 Å². The second-order valence-corrected chi connectivity index (χ2v) is 3.16. The molecule has 0 aromatic heterocycles. The van der Waals surface area contributed by atoms with E-state index < -0.39 is 11.9 Å². The van der Waals surface area contributed by atoms with Crippen molar-refractivity contribution in [1.29, 1.82) is 0 Å². The molecular weight excluding hydrogens is 170 g/mol. The molecule has 0 atom stereocenters. The standard InChI is InChI=1S/C9H17NO3/c1-4-13-9(12)8(11)10-6-5-7(2)3/h7H,4-6H2,1-3H3,(H,10,11). The van der Waals surface area contributed by atoms with Crippen LogP contribution in [0.1, 0.15) is 27.2 Å². The first-order chi connectivity index (χ1) is 6.07. The van der Waals surface area contributed by atoms with E-state index in [0.717, 1.165) is 6.42 Å². The van der Waals surface area contributed by atoms with Gasteiger partial charge in [0, 0.05) is 6.54 Å². The first-order valence-corrected chi connectivity index (χ1v) is 4.52. The molecule has 0 aromatic rings. The average molecular weight is 187 g/mol. The van der Waals surface area contributed by atoms with Crippen LogP contribution in [0.4, 0.5) is 0 Å². The van der Waals surface area contributed by atoms with Crippen LogP contribution in [-0.4, -0.2) is 25.0 Å². The lowest BCUT2D eigenvalue weighted by atomic mass is 10.1. The molecule has 0 radical (unpaired) electrons. The summed E-state index contributed by atoms with van der Waals surface area (Å²) < 4.78 is 4.51. The molecule has 0 bridgehead atoms. The van der Waals surface area contributed by atoms with E-state index in [4.69, 9.17) is 0 Å². The molecule has 13 heavy (non-hydrogen) atoms. The maximum atomic E-state index is 10.9. The maximum absolute atomic E-state index is 10.9. The third kappa shape index (κ3) is 6.13. The second-order valence-electron chi connectivity index (χ2n) is 3.16. The highest BCUT2D eigenvalue weighted by Crippen LogP contribution is 1.96. The fourth-order valence-electron chi connectivity index (χ4n) is 0.743. The van der Waals surface area contributed by atoms with Gasteiger partial charge in [-0.2, -0.15) is 0 Å². The molecule has 4 heteroatoms. The number of hydrogen-bond acceptors (Lipinski definition) is 3. The van der Waals surface area contributed by atoms with E-state index >= 15 is 0 Å². The number of hydrogen-bond donors (Lipinski definition) is 1. The average Bonchev–Trinajstić information content (AvgIpc) is 2.04. The molecule has 1 amide bonds. The molecular formula is C9H17NO3. The third-order valence-electron chi connectivity index (χ3n) is 1.47. The Labute approximate surface area is 78.6 Å². The molecule has 0 aromatic carbocycles. The van der Waals surface area contributed by atoms with Crippen molar-refractivity contribution in [3.05, 3.63) is 0 Å². The minimum atomic E-state index is -0.800. The SMILES string of the molecule is CCOC(=O)C(=O)NCCC(C)C. The highest BCUT2D eigenvalue weighted by atomic mass is 16.5. The molecule has 0 aliphatic carbocycles. The van der Waals surface area contributed by atoms with Crippen LogP contribution in [0.2, 0.25) is 0 Å². The van der Waals surface area contributed by atoms with E-state index in [0.29, 0.717) is 12.5 Å².